The van der Waals surface area contributed by atoms with E-state index >= 15 is 0 Å². The molecule has 3 rings (SSSR count). The van der Waals surface area contributed by atoms with Gasteiger partial charge in [0.05, 0.1) is 5.56 Å². The fraction of sp³-hybridized carbons (Fsp3) is 0.263. The lowest BCUT2D eigenvalue weighted by atomic mass is 9.97. The van der Waals surface area contributed by atoms with Crippen molar-refractivity contribution in [3.05, 3.63) is 59.7 Å². The van der Waals surface area contributed by atoms with E-state index in [1.165, 1.54) is 12.1 Å². The smallest absolute Gasteiger partial charge is 0.342 e. The summed E-state index contributed by atoms with van der Waals surface area (Å²) in [5, 5.41) is 0. The Balaban J connectivity index is 1.87. The molecule has 0 saturated carbocycles. The summed E-state index contributed by atoms with van der Waals surface area (Å²) in [7, 11) is 0. The Hall–Kier alpha value is -2.83. The molecule has 1 fully saturated rings. The number of carbonyl (C=O) groups is 2. The Bertz CT molecular complexity index is 795. The van der Waals surface area contributed by atoms with Crippen molar-refractivity contribution in [2.24, 2.45) is 0 Å². The second-order valence-electron chi connectivity index (χ2n) is 6.05. The predicted octanol–water partition coefficient (Wildman–Crippen LogP) is 3.29. The van der Waals surface area contributed by atoms with Gasteiger partial charge in [0.2, 0.25) is 6.41 Å². The van der Waals surface area contributed by atoms with Gasteiger partial charge in [-0.1, -0.05) is 30.3 Å². The van der Waals surface area contributed by atoms with Gasteiger partial charge in [0.25, 0.3) is 5.91 Å². The van der Waals surface area contributed by atoms with Crippen LogP contribution in [0, 0.1) is 0 Å². The minimum atomic E-state index is -4.40. The molecule has 1 aliphatic rings. The van der Waals surface area contributed by atoms with E-state index in [0.29, 0.717) is 42.9 Å². The molecule has 26 heavy (non-hydrogen) atoms. The Morgan fingerprint density at radius 3 is 2.12 bits per heavy atom. The van der Waals surface area contributed by atoms with Gasteiger partial charge in [0, 0.05) is 31.7 Å². The van der Waals surface area contributed by atoms with Crippen molar-refractivity contribution in [1.29, 1.82) is 0 Å². The van der Waals surface area contributed by atoms with Crippen molar-refractivity contribution in [1.82, 2.24) is 9.80 Å². The lowest BCUT2D eigenvalue weighted by Crippen LogP contribution is -2.48. The van der Waals surface area contributed by atoms with Gasteiger partial charge in [-0.2, -0.15) is 13.2 Å². The molecular formula is C19H17F3N2O2. The Kier molecular flexibility index (Phi) is 4.97. The lowest BCUT2D eigenvalue weighted by Gasteiger charge is -2.33. The first-order valence-electron chi connectivity index (χ1n) is 8.15. The summed E-state index contributed by atoms with van der Waals surface area (Å²) >= 11 is 0. The van der Waals surface area contributed by atoms with Crippen LogP contribution in [0.4, 0.5) is 13.2 Å². The second kappa shape index (κ2) is 7.19. The van der Waals surface area contributed by atoms with E-state index < -0.39 is 11.7 Å². The van der Waals surface area contributed by atoms with E-state index in [1.807, 2.05) is 0 Å². The molecule has 2 aromatic carbocycles. The first kappa shape index (κ1) is 18.0. The zero-order valence-electron chi connectivity index (χ0n) is 13.9. The molecule has 0 unspecified atom stereocenters. The molecule has 2 aromatic rings. The van der Waals surface area contributed by atoms with Crippen molar-refractivity contribution in [3.63, 3.8) is 0 Å². The molecule has 0 atom stereocenters. The molecule has 2 amide bonds. The number of rotatable bonds is 3. The number of nitrogens with zero attached hydrogens (tertiary/aromatic N) is 2. The molecule has 0 bridgehead atoms. The number of amides is 2. The van der Waals surface area contributed by atoms with Gasteiger partial charge in [0.15, 0.2) is 0 Å². The Labute approximate surface area is 148 Å². The zero-order chi connectivity index (χ0) is 18.7. The summed E-state index contributed by atoms with van der Waals surface area (Å²) in [6.07, 6.45) is -3.63. The van der Waals surface area contributed by atoms with Crippen molar-refractivity contribution in [2.75, 3.05) is 26.2 Å². The molecule has 7 heteroatoms. The summed E-state index contributed by atoms with van der Waals surface area (Å²) < 4.78 is 38.2. The highest BCUT2D eigenvalue weighted by atomic mass is 19.4. The van der Waals surface area contributed by atoms with E-state index in [4.69, 9.17) is 0 Å². The number of carbonyl (C=O) groups excluding carboxylic acids is 2. The Morgan fingerprint density at radius 2 is 1.54 bits per heavy atom. The Morgan fingerprint density at radius 1 is 0.923 bits per heavy atom. The largest absolute Gasteiger partial charge is 0.416 e. The van der Waals surface area contributed by atoms with E-state index in [0.717, 1.165) is 18.5 Å². The summed E-state index contributed by atoms with van der Waals surface area (Å²) in [4.78, 5) is 26.9. The average molecular weight is 362 g/mol. The van der Waals surface area contributed by atoms with Gasteiger partial charge < -0.3 is 9.80 Å². The maximum absolute atomic E-state index is 12.9. The van der Waals surface area contributed by atoms with Crippen molar-refractivity contribution in [3.8, 4) is 11.1 Å². The molecule has 0 aliphatic carbocycles. The molecule has 136 valence electrons. The standard InChI is InChI=1S/C19H17F3N2O2/c20-19(21,22)15-7-5-14(6-8-15)16-3-1-2-4-17(16)18(26)24-11-9-23(13-25)10-12-24/h1-8,13H,9-12H2. The number of halogens is 3. The number of hydrogen-bond acceptors (Lipinski definition) is 2. The molecule has 1 aliphatic heterocycles. The maximum atomic E-state index is 12.9. The van der Waals surface area contributed by atoms with Gasteiger partial charge >= 0.3 is 6.18 Å². The van der Waals surface area contributed by atoms with Crippen LogP contribution in [0.1, 0.15) is 15.9 Å². The van der Waals surface area contributed by atoms with E-state index in [2.05, 4.69) is 0 Å². The SMILES string of the molecule is O=CN1CCN(C(=O)c2ccccc2-c2ccc(C(F)(F)F)cc2)CC1. The van der Waals surface area contributed by atoms with Crippen molar-refractivity contribution < 1.29 is 22.8 Å². The summed E-state index contributed by atoms with van der Waals surface area (Å²) in [5.41, 5.74) is 0.847. The van der Waals surface area contributed by atoms with Gasteiger partial charge in [-0.25, -0.2) is 0 Å². The summed E-state index contributed by atoms with van der Waals surface area (Å²) in [5.74, 6) is -0.189. The van der Waals surface area contributed by atoms with Crippen LogP contribution in [0.15, 0.2) is 48.5 Å². The minimum absolute atomic E-state index is 0.189. The molecule has 0 spiro atoms. The zero-order valence-corrected chi connectivity index (χ0v) is 13.9. The number of hydrogen-bond donors (Lipinski definition) is 0. The monoisotopic (exact) mass is 362 g/mol. The second-order valence-corrected chi connectivity index (χ2v) is 6.05. The third-order valence-electron chi connectivity index (χ3n) is 4.43. The van der Waals surface area contributed by atoms with Crippen LogP contribution in [0.2, 0.25) is 0 Å². The highest BCUT2D eigenvalue weighted by Gasteiger charge is 2.30. The van der Waals surface area contributed by atoms with Crippen LogP contribution >= 0.6 is 0 Å². The molecular weight excluding hydrogens is 345 g/mol. The molecule has 0 radical (unpaired) electrons. The van der Waals surface area contributed by atoms with Gasteiger partial charge in [-0.05, 0) is 29.3 Å². The predicted molar refractivity (Wildman–Crippen MR) is 90.4 cm³/mol. The van der Waals surface area contributed by atoms with E-state index in [9.17, 15) is 22.8 Å². The normalized spacial score (nSPS) is 15.0. The first-order chi connectivity index (χ1) is 12.4. The molecule has 0 N–H and O–H groups in total. The van der Waals surface area contributed by atoms with Crippen LogP contribution in [-0.2, 0) is 11.0 Å². The third kappa shape index (κ3) is 3.71. The minimum Gasteiger partial charge on any atom is -0.342 e. The quantitative estimate of drug-likeness (QED) is 0.787. The fourth-order valence-electron chi connectivity index (χ4n) is 2.96. The maximum Gasteiger partial charge on any atom is 0.416 e. The van der Waals surface area contributed by atoms with Gasteiger partial charge in [0.1, 0.15) is 0 Å². The van der Waals surface area contributed by atoms with Gasteiger partial charge in [-0.3, -0.25) is 9.59 Å². The third-order valence-corrected chi connectivity index (χ3v) is 4.43. The number of piperazine rings is 1. The van der Waals surface area contributed by atoms with Crippen LogP contribution in [0.5, 0.6) is 0 Å². The number of alkyl halides is 3. The van der Waals surface area contributed by atoms with Gasteiger partial charge in [-0.15, -0.1) is 0 Å². The van der Waals surface area contributed by atoms with E-state index in [1.54, 1.807) is 34.1 Å². The average Bonchev–Trinajstić information content (AvgIpc) is 2.67. The molecule has 1 saturated heterocycles. The fourth-order valence-corrected chi connectivity index (χ4v) is 2.96. The van der Waals surface area contributed by atoms with Crippen LogP contribution < -0.4 is 0 Å². The molecule has 0 aromatic heterocycles. The van der Waals surface area contributed by atoms with E-state index in [-0.39, 0.29) is 5.91 Å². The summed E-state index contributed by atoms with van der Waals surface area (Å²) in [6.45, 7) is 1.80. The van der Waals surface area contributed by atoms with Crippen molar-refractivity contribution in [2.45, 2.75) is 6.18 Å². The highest BCUT2D eigenvalue weighted by molar-refractivity contribution is 6.01. The lowest BCUT2D eigenvalue weighted by molar-refractivity contribution is -0.137. The van der Waals surface area contributed by atoms with Crippen LogP contribution in [-0.4, -0.2) is 48.3 Å². The topological polar surface area (TPSA) is 40.6 Å². The van der Waals surface area contributed by atoms with Crippen LogP contribution in [0.3, 0.4) is 0 Å². The highest BCUT2D eigenvalue weighted by Crippen LogP contribution is 2.32. The first-order valence-corrected chi connectivity index (χ1v) is 8.15. The van der Waals surface area contributed by atoms with Crippen LogP contribution in [0.25, 0.3) is 11.1 Å². The summed E-state index contributed by atoms with van der Waals surface area (Å²) in [6, 6.07) is 11.6. The van der Waals surface area contributed by atoms with Crippen molar-refractivity contribution >= 4 is 12.3 Å². The molecule has 1 heterocycles. The number of benzene rings is 2. The molecule has 4 nitrogen and oxygen atoms in total.